The van der Waals surface area contributed by atoms with Gasteiger partial charge in [-0.25, -0.2) is 4.39 Å². The molecule has 0 unspecified atom stereocenters. The Balaban J connectivity index is 1.73. The molecule has 0 bridgehead atoms. The average molecular weight is 366 g/mol. The van der Waals surface area contributed by atoms with Crippen LogP contribution < -0.4 is 5.56 Å². The lowest BCUT2D eigenvalue weighted by Gasteiger charge is -2.27. The van der Waals surface area contributed by atoms with Gasteiger partial charge in [-0.15, -0.1) is 0 Å². The molecule has 3 aromatic rings. The third kappa shape index (κ3) is 3.24. The van der Waals surface area contributed by atoms with Crippen LogP contribution in [0, 0.1) is 12.7 Å². The number of ether oxygens (including phenoxy) is 1. The Bertz CT molecular complexity index is 1080. The first-order chi connectivity index (χ1) is 13.0. The Morgan fingerprint density at radius 2 is 1.89 bits per heavy atom. The van der Waals surface area contributed by atoms with Crippen LogP contribution in [0.4, 0.5) is 4.39 Å². The van der Waals surface area contributed by atoms with Crippen LogP contribution in [0.5, 0.6) is 0 Å². The van der Waals surface area contributed by atoms with E-state index in [1.807, 2.05) is 19.1 Å². The molecule has 6 heteroatoms. The van der Waals surface area contributed by atoms with Crippen molar-refractivity contribution in [3.63, 3.8) is 0 Å². The van der Waals surface area contributed by atoms with E-state index in [0.29, 0.717) is 37.4 Å². The molecule has 1 N–H and O–H groups in total. The van der Waals surface area contributed by atoms with Crippen LogP contribution in [0.1, 0.15) is 15.9 Å². The van der Waals surface area contributed by atoms with Crippen LogP contribution in [0.25, 0.3) is 22.0 Å². The minimum Gasteiger partial charge on any atom is -0.378 e. The number of carbonyl (C=O) groups excluding carboxylic acids is 1. The number of aryl methyl sites for hydroxylation is 1. The zero-order valence-electron chi connectivity index (χ0n) is 14.9. The predicted molar refractivity (Wildman–Crippen MR) is 101 cm³/mol. The van der Waals surface area contributed by atoms with Gasteiger partial charge in [0.2, 0.25) is 0 Å². The summed E-state index contributed by atoms with van der Waals surface area (Å²) in [6.45, 7) is 3.89. The first-order valence-electron chi connectivity index (χ1n) is 8.84. The normalized spacial score (nSPS) is 14.5. The fourth-order valence-corrected chi connectivity index (χ4v) is 3.40. The Hall–Kier alpha value is -2.99. The summed E-state index contributed by atoms with van der Waals surface area (Å²) in [4.78, 5) is 29.3. The van der Waals surface area contributed by atoms with E-state index in [2.05, 4.69) is 4.98 Å². The summed E-state index contributed by atoms with van der Waals surface area (Å²) in [6, 6.07) is 11.6. The quantitative estimate of drug-likeness (QED) is 0.758. The van der Waals surface area contributed by atoms with Crippen molar-refractivity contribution in [2.24, 2.45) is 0 Å². The molecule has 5 nitrogen and oxygen atoms in total. The Labute approximate surface area is 155 Å². The van der Waals surface area contributed by atoms with Crippen molar-refractivity contribution in [1.29, 1.82) is 0 Å². The summed E-state index contributed by atoms with van der Waals surface area (Å²) < 4.78 is 20.0. The van der Waals surface area contributed by atoms with Gasteiger partial charge in [0.25, 0.3) is 11.5 Å². The number of amides is 1. The lowest BCUT2D eigenvalue weighted by atomic mass is 10.0. The SMILES string of the molecule is Cc1cccc2c(=O)[nH]c(-c3ccc(C(=O)N4CCOCC4)cc3F)cc12. The fraction of sp³-hybridized carbons (Fsp3) is 0.238. The number of nitrogens with one attached hydrogen (secondary N) is 1. The van der Waals surface area contributed by atoms with Crippen molar-refractivity contribution in [2.45, 2.75) is 6.92 Å². The molecule has 0 atom stereocenters. The number of morpholine rings is 1. The Morgan fingerprint density at radius 3 is 2.63 bits per heavy atom. The van der Waals surface area contributed by atoms with E-state index in [9.17, 15) is 14.0 Å². The van der Waals surface area contributed by atoms with Gasteiger partial charge in [-0.1, -0.05) is 12.1 Å². The first-order valence-corrected chi connectivity index (χ1v) is 8.84. The zero-order valence-corrected chi connectivity index (χ0v) is 14.9. The van der Waals surface area contributed by atoms with Crippen molar-refractivity contribution in [2.75, 3.05) is 26.3 Å². The molecule has 1 aromatic heterocycles. The van der Waals surface area contributed by atoms with Crippen molar-refractivity contribution < 1.29 is 13.9 Å². The van der Waals surface area contributed by atoms with Gasteiger partial charge in [0, 0.05) is 29.6 Å². The van der Waals surface area contributed by atoms with E-state index in [1.165, 1.54) is 6.07 Å². The maximum Gasteiger partial charge on any atom is 0.256 e. The van der Waals surface area contributed by atoms with E-state index >= 15 is 0 Å². The fourth-order valence-electron chi connectivity index (χ4n) is 3.40. The van der Waals surface area contributed by atoms with Gasteiger partial charge >= 0.3 is 0 Å². The number of nitrogens with zero attached hydrogens (tertiary/aromatic N) is 1. The highest BCUT2D eigenvalue weighted by Crippen LogP contribution is 2.25. The number of benzene rings is 2. The number of halogens is 1. The highest BCUT2D eigenvalue weighted by atomic mass is 19.1. The van der Waals surface area contributed by atoms with Crippen LogP contribution >= 0.6 is 0 Å². The number of hydrogen-bond donors (Lipinski definition) is 1. The molecule has 2 aromatic carbocycles. The van der Waals surface area contributed by atoms with E-state index in [0.717, 1.165) is 10.9 Å². The number of aromatic nitrogens is 1. The van der Waals surface area contributed by atoms with Gasteiger partial charge in [0.1, 0.15) is 5.82 Å². The molecular formula is C21H19FN2O3. The molecule has 1 fully saturated rings. The van der Waals surface area contributed by atoms with Crippen LogP contribution in [0.2, 0.25) is 0 Å². The number of aromatic amines is 1. The summed E-state index contributed by atoms with van der Waals surface area (Å²) in [5, 5.41) is 1.35. The van der Waals surface area contributed by atoms with E-state index in [4.69, 9.17) is 4.74 Å². The van der Waals surface area contributed by atoms with Gasteiger partial charge in [0.05, 0.1) is 18.9 Å². The third-order valence-electron chi connectivity index (χ3n) is 4.91. The predicted octanol–water partition coefficient (Wildman–Crippen LogP) is 3.12. The van der Waals surface area contributed by atoms with Crippen molar-refractivity contribution in [1.82, 2.24) is 9.88 Å². The lowest BCUT2D eigenvalue weighted by molar-refractivity contribution is 0.0302. The van der Waals surface area contributed by atoms with Crippen molar-refractivity contribution in [3.8, 4) is 11.3 Å². The van der Waals surface area contributed by atoms with E-state index < -0.39 is 5.82 Å². The van der Waals surface area contributed by atoms with Crippen molar-refractivity contribution in [3.05, 3.63) is 69.8 Å². The third-order valence-corrected chi connectivity index (χ3v) is 4.91. The van der Waals surface area contributed by atoms with Gasteiger partial charge < -0.3 is 14.6 Å². The minimum atomic E-state index is -0.544. The molecule has 0 saturated carbocycles. The molecule has 0 spiro atoms. The molecule has 0 aliphatic carbocycles. The van der Waals surface area contributed by atoms with Gasteiger partial charge in [0.15, 0.2) is 0 Å². The largest absolute Gasteiger partial charge is 0.378 e. The summed E-state index contributed by atoms with van der Waals surface area (Å²) in [5.74, 6) is -0.760. The summed E-state index contributed by atoms with van der Waals surface area (Å²) >= 11 is 0. The molecule has 0 radical (unpaired) electrons. The first kappa shape index (κ1) is 17.4. The molecule has 1 aliphatic rings. The maximum atomic E-state index is 14.8. The summed E-state index contributed by atoms with van der Waals surface area (Å²) in [6.07, 6.45) is 0. The number of pyridine rings is 1. The topological polar surface area (TPSA) is 62.4 Å². The average Bonchev–Trinajstić information content (AvgIpc) is 2.68. The molecular weight excluding hydrogens is 347 g/mol. The molecule has 1 amide bonds. The zero-order chi connectivity index (χ0) is 19.0. The minimum absolute atomic E-state index is 0.216. The summed E-state index contributed by atoms with van der Waals surface area (Å²) in [7, 11) is 0. The highest BCUT2D eigenvalue weighted by Gasteiger charge is 2.20. The number of hydrogen-bond acceptors (Lipinski definition) is 3. The van der Waals surface area contributed by atoms with Gasteiger partial charge in [-0.2, -0.15) is 0 Å². The second-order valence-corrected chi connectivity index (χ2v) is 6.65. The van der Waals surface area contributed by atoms with Gasteiger partial charge in [-0.05, 0) is 48.2 Å². The van der Waals surface area contributed by atoms with Gasteiger partial charge in [-0.3, -0.25) is 9.59 Å². The Morgan fingerprint density at radius 1 is 1.11 bits per heavy atom. The second-order valence-electron chi connectivity index (χ2n) is 6.65. The molecule has 1 aliphatic heterocycles. The van der Waals surface area contributed by atoms with Crippen LogP contribution in [-0.4, -0.2) is 42.1 Å². The number of carbonyl (C=O) groups is 1. The maximum absolute atomic E-state index is 14.8. The molecule has 2 heterocycles. The molecule has 27 heavy (non-hydrogen) atoms. The van der Waals surface area contributed by atoms with E-state index in [-0.39, 0.29) is 22.6 Å². The lowest BCUT2D eigenvalue weighted by Crippen LogP contribution is -2.40. The smallest absolute Gasteiger partial charge is 0.256 e. The molecule has 138 valence electrons. The number of rotatable bonds is 2. The monoisotopic (exact) mass is 366 g/mol. The highest BCUT2D eigenvalue weighted by molar-refractivity contribution is 5.95. The molecule has 4 rings (SSSR count). The standard InChI is InChI=1S/C21H19FN2O3/c1-13-3-2-4-15-17(13)12-19(23-20(15)25)16-6-5-14(11-18(16)22)21(26)24-7-9-27-10-8-24/h2-6,11-12H,7-10H2,1H3,(H,23,25). The number of H-pyrrole nitrogens is 1. The van der Waals surface area contributed by atoms with Crippen molar-refractivity contribution >= 4 is 16.7 Å². The van der Waals surface area contributed by atoms with E-state index in [1.54, 1.807) is 29.2 Å². The number of fused-ring (bicyclic) bond motifs is 1. The second kappa shape index (κ2) is 6.96. The van der Waals surface area contributed by atoms with Crippen LogP contribution in [0.15, 0.2) is 47.3 Å². The van der Waals surface area contributed by atoms with Crippen LogP contribution in [0.3, 0.4) is 0 Å². The summed E-state index contributed by atoms with van der Waals surface area (Å²) in [5.41, 5.74) is 1.62. The van der Waals surface area contributed by atoms with Crippen LogP contribution in [-0.2, 0) is 4.74 Å². The Kier molecular flexibility index (Phi) is 4.49. The molecule has 1 saturated heterocycles.